The predicted molar refractivity (Wildman–Crippen MR) is 86.9 cm³/mol. The highest BCUT2D eigenvalue weighted by molar-refractivity contribution is 7.10. The number of para-hydroxylation sites is 1. The second-order valence-corrected chi connectivity index (χ2v) is 8.05. The standard InChI is InChI=1S/C15H19NOSSi/c1-12-6-4-8-14(15(12)17-19(2)3)16-10-9-13-7-5-11-18-13/h4-8,10-11,19H,9H2,1-3H3. The van der Waals surface area contributed by atoms with Crippen LogP contribution < -0.4 is 4.43 Å². The predicted octanol–water partition coefficient (Wildman–Crippen LogP) is 4.36. The van der Waals surface area contributed by atoms with Gasteiger partial charge in [-0.25, -0.2) is 0 Å². The van der Waals surface area contributed by atoms with Crippen LogP contribution in [0.4, 0.5) is 5.69 Å². The first-order valence-electron chi connectivity index (χ1n) is 6.48. The smallest absolute Gasteiger partial charge is 0.229 e. The quantitative estimate of drug-likeness (QED) is 0.592. The molecule has 2 rings (SSSR count). The van der Waals surface area contributed by atoms with Crippen LogP contribution in [0.15, 0.2) is 40.7 Å². The molecule has 1 heterocycles. The zero-order chi connectivity index (χ0) is 13.7. The van der Waals surface area contributed by atoms with Gasteiger partial charge < -0.3 is 4.43 Å². The lowest BCUT2D eigenvalue weighted by Gasteiger charge is -2.14. The Kier molecular flexibility index (Phi) is 4.93. The van der Waals surface area contributed by atoms with E-state index in [1.165, 1.54) is 4.88 Å². The highest BCUT2D eigenvalue weighted by Crippen LogP contribution is 2.31. The topological polar surface area (TPSA) is 21.6 Å². The van der Waals surface area contributed by atoms with Crippen molar-refractivity contribution >= 4 is 32.3 Å². The number of thiophene rings is 1. The molecular weight excluding hydrogens is 270 g/mol. The molecule has 0 unspecified atom stereocenters. The van der Waals surface area contributed by atoms with Crippen molar-refractivity contribution in [1.29, 1.82) is 0 Å². The summed E-state index contributed by atoms with van der Waals surface area (Å²) in [6.07, 6.45) is 2.85. The summed E-state index contributed by atoms with van der Waals surface area (Å²) < 4.78 is 5.99. The molecule has 0 bridgehead atoms. The van der Waals surface area contributed by atoms with Crippen LogP contribution >= 0.6 is 11.3 Å². The van der Waals surface area contributed by atoms with Gasteiger partial charge in [0.2, 0.25) is 9.04 Å². The molecule has 0 aliphatic rings. The maximum Gasteiger partial charge on any atom is 0.229 e. The summed E-state index contributed by atoms with van der Waals surface area (Å²) >= 11 is 1.76. The van der Waals surface area contributed by atoms with E-state index in [4.69, 9.17) is 4.43 Å². The molecule has 0 saturated heterocycles. The van der Waals surface area contributed by atoms with E-state index >= 15 is 0 Å². The van der Waals surface area contributed by atoms with Crippen molar-refractivity contribution in [3.8, 4) is 5.75 Å². The van der Waals surface area contributed by atoms with Crippen LogP contribution in [-0.4, -0.2) is 15.3 Å². The van der Waals surface area contributed by atoms with Gasteiger partial charge in [0.1, 0.15) is 11.4 Å². The van der Waals surface area contributed by atoms with Crippen molar-refractivity contribution in [2.24, 2.45) is 4.99 Å². The number of benzene rings is 1. The second kappa shape index (κ2) is 6.68. The molecule has 1 aromatic heterocycles. The van der Waals surface area contributed by atoms with Crippen LogP contribution in [0.5, 0.6) is 5.75 Å². The zero-order valence-corrected chi connectivity index (χ0v) is 13.6. The number of nitrogens with zero attached hydrogens (tertiary/aromatic N) is 1. The van der Waals surface area contributed by atoms with E-state index in [0.717, 1.165) is 23.4 Å². The minimum Gasteiger partial charge on any atom is -0.545 e. The van der Waals surface area contributed by atoms with E-state index in [1.807, 2.05) is 18.3 Å². The van der Waals surface area contributed by atoms with Crippen molar-refractivity contribution in [2.75, 3.05) is 0 Å². The first-order chi connectivity index (χ1) is 9.16. The molecule has 2 aromatic rings. The summed E-state index contributed by atoms with van der Waals surface area (Å²) in [5, 5.41) is 2.09. The van der Waals surface area contributed by atoms with Crippen LogP contribution in [0.1, 0.15) is 10.4 Å². The highest BCUT2D eigenvalue weighted by Gasteiger charge is 2.07. The van der Waals surface area contributed by atoms with Gasteiger partial charge in [-0.05, 0) is 43.1 Å². The van der Waals surface area contributed by atoms with Crippen LogP contribution in [-0.2, 0) is 6.42 Å². The molecule has 0 spiro atoms. The summed E-state index contributed by atoms with van der Waals surface area (Å²) in [5.41, 5.74) is 2.10. The lowest BCUT2D eigenvalue weighted by molar-refractivity contribution is 0.577. The lowest BCUT2D eigenvalue weighted by Crippen LogP contribution is -2.12. The van der Waals surface area contributed by atoms with Crippen molar-refractivity contribution in [2.45, 2.75) is 26.4 Å². The average Bonchev–Trinajstić information content (AvgIpc) is 2.86. The van der Waals surface area contributed by atoms with Gasteiger partial charge in [-0.15, -0.1) is 11.3 Å². The van der Waals surface area contributed by atoms with E-state index in [1.54, 1.807) is 11.3 Å². The molecule has 0 amide bonds. The van der Waals surface area contributed by atoms with E-state index in [9.17, 15) is 0 Å². The molecule has 2 nitrogen and oxygen atoms in total. The molecule has 0 saturated carbocycles. The van der Waals surface area contributed by atoms with Gasteiger partial charge in [0.15, 0.2) is 0 Å². The molecule has 0 fully saturated rings. The van der Waals surface area contributed by atoms with Gasteiger partial charge in [0, 0.05) is 17.5 Å². The molecule has 0 aliphatic carbocycles. The van der Waals surface area contributed by atoms with Gasteiger partial charge in [-0.1, -0.05) is 18.2 Å². The molecule has 4 heteroatoms. The van der Waals surface area contributed by atoms with Gasteiger partial charge in [0.05, 0.1) is 0 Å². The van der Waals surface area contributed by atoms with Crippen molar-refractivity contribution in [3.05, 3.63) is 46.2 Å². The van der Waals surface area contributed by atoms with Crippen molar-refractivity contribution in [3.63, 3.8) is 0 Å². The van der Waals surface area contributed by atoms with Crippen LogP contribution in [0.25, 0.3) is 0 Å². The van der Waals surface area contributed by atoms with Gasteiger partial charge in [-0.3, -0.25) is 4.99 Å². The van der Waals surface area contributed by atoms with Crippen LogP contribution in [0.3, 0.4) is 0 Å². The van der Waals surface area contributed by atoms with Gasteiger partial charge in [-0.2, -0.15) is 0 Å². The fourth-order valence-electron chi connectivity index (χ4n) is 1.79. The summed E-state index contributed by atoms with van der Waals surface area (Å²) in [7, 11) is -1.11. The maximum atomic E-state index is 5.99. The Balaban J connectivity index is 2.15. The largest absolute Gasteiger partial charge is 0.545 e. The van der Waals surface area contributed by atoms with E-state index < -0.39 is 9.04 Å². The normalized spacial score (nSPS) is 11.4. The number of rotatable bonds is 5. The molecule has 19 heavy (non-hydrogen) atoms. The SMILES string of the molecule is Cc1cccc(N=CCc2cccs2)c1O[SiH](C)C. The molecular formula is C15H19NOSSi. The minimum atomic E-state index is -1.11. The van der Waals surface area contributed by atoms with Crippen molar-refractivity contribution < 1.29 is 4.43 Å². The fraction of sp³-hybridized carbons (Fsp3) is 0.267. The molecule has 0 aliphatic heterocycles. The first kappa shape index (κ1) is 14.0. The van der Waals surface area contributed by atoms with Crippen LogP contribution in [0, 0.1) is 6.92 Å². The average molecular weight is 289 g/mol. The Morgan fingerprint density at radius 1 is 1.26 bits per heavy atom. The molecule has 100 valence electrons. The summed E-state index contributed by atoms with van der Waals surface area (Å²) in [6.45, 7) is 6.42. The Morgan fingerprint density at radius 3 is 2.79 bits per heavy atom. The minimum absolute atomic E-state index is 0.879. The Labute approximate surface area is 120 Å². The number of aryl methyl sites for hydroxylation is 1. The molecule has 0 radical (unpaired) electrons. The number of hydrogen-bond acceptors (Lipinski definition) is 3. The first-order valence-corrected chi connectivity index (χ1v) is 10.1. The third-order valence-electron chi connectivity index (χ3n) is 2.65. The van der Waals surface area contributed by atoms with E-state index in [-0.39, 0.29) is 0 Å². The monoisotopic (exact) mass is 289 g/mol. The van der Waals surface area contributed by atoms with Crippen LogP contribution in [0.2, 0.25) is 13.1 Å². The Hall–Kier alpha value is -1.39. The van der Waals surface area contributed by atoms with Gasteiger partial charge in [0.25, 0.3) is 0 Å². The van der Waals surface area contributed by atoms with E-state index in [0.29, 0.717) is 0 Å². The highest BCUT2D eigenvalue weighted by atomic mass is 32.1. The third kappa shape index (κ3) is 4.04. The Bertz CT molecular complexity index is 549. The Morgan fingerprint density at radius 2 is 2.11 bits per heavy atom. The number of aliphatic imine (C=N–C) groups is 1. The molecule has 0 atom stereocenters. The molecule has 0 N–H and O–H groups in total. The third-order valence-corrected chi connectivity index (χ3v) is 4.25. The summed E-state index contributed by atoms with van der Waals surface area (Å²) in [6, 6.07) is 10.3. The molecule has 1 aromatic carbocycles. The van der Waals surface area contributed by atoms with Gasteiger partial charge >= 0.3 is 0 Å². The summed E-state index contributed by atoms with van der Waals surface area (Å²) in [5.74, 6) is 0.951. The number of hydrogen-bond donors (Lipinski definition) is 0. The van der Waals surface area contributed by atoms with Crippen molar-refractivity contribution in [1.82, 2.24) is 0 Å². The fourth-order valence-corrected chi connectivity index (χ4v) is 3.23. The summed E-state index contributed by atoms with van der Waals surface area (Å²) in [4.78, 5) is 5.90. The maximum absolute atomic E-state index is 5.99. The second-order valence-electron chi connectivity index (χ2n) is 4.68. The van der Waals surface area contributed by atoms with E-state index in [2.05, 4.69) is 48.6 Å². The lowest BCUT2D eigenvalue weighted by atomic mass is 10.2. The zero-order valence-electron chi connectivity index (χ0n) is 11.6.